The van der Waals surface area contributed by atoms with Gasteiger partial charge in [0.25, 0.3) is 0 Å². The maximum atomic E-state index is 11.9. The number of carbonyl (C=O) groups is 1. The van der Waals surface area contributed by atoms with E-state index in [4.69, 9.17) is 11.6 Å². The topological polar surface area (TPSA) is 61.4 Å². The average molecular weight is 283 g/mol. The van der Waals surface area contributed by atoms with E-state index in [9.17, 15) is 9.90 Å². The molecule has 2 amide bonds. The quantitative estimate of drug-likeness (QED) is 0.781. The maximum absolute atomic E-state index is 11.9. The Bertz CT molecular complexity index is 465. The zero-order chi connectivity index (χ0) is 13.8. The maximum Gasteiger partial charge on any atom is 0.319 e. The summed E-state index contributed by atoms with van der Waals surface area (Å²) in [5.41, 5.74) is 1.61. The Morgan fingerprint density at radius 3 is 2.84 bits per heavy atom. The molecular weight excluding hydrogens is 264 g/mol. The van der Waals surface area contributed by atoms with E-state index in [0.717, 1.165) is 31.2 Å². The van der Waals surface area contributed by atoms with Crippen LogP contribution in [0.5, 0.6) is 0 Å². The lowest BCUT2D eigenvalue weighted by molar-refractivity contribution is 0.0955. The smallest absolute Gasteiger partial charge is 0.319 e. The van der Waals surface area contributed by atoms with Gasteiger partial charge in [-0.2, -0.15) is 0 Å². The van der Waals surface area contributed by atoms with E-state index in [1.54, 1.807) is 6.07 Å². The number of benzene rings is 1. The van der Waals surface area contributed by atoms with E-state index in [1.807, 2.05) is 19.1 Å². The van der Waals surface area contributed by atoms with Crippen LogP contribution in [0.25, 0.3) is 0 Å². The first-order valence-electron chi connectivity index (χ1n) is 6.58. The van der Waals surface area contributed by atoms with Crippen LogP contribution in [0.4, 0.5) is 10.5 Å². The summed E-state index contributed by atoms with van der Waals surface area (Å²) in [6.07, 6.45) is 3.16. The first-order valence-corrected chi connectivity index (χ1v) is 6.96. The SMILES string of the molecule is Cc1ccc(Cl)c(NC(=O)NC2CCCCC2O)c1. The van der Waals surface area contributed by atoms with E-state index in [0.29, 0.717) is 10.7 Å². The zero-order valence-corrected chi connectivity index (χ0v) is 11.7. The van der Waals surface area contributed by atoms with Gasteiger partial charge in [0, 0.05) is 0 Å². The van der Waals surface area contributed by atoms with Crippen molar-refractivity contribution in [1.29, 1.82) is 0 Å². The van der Waals surface area contributed by atoms with Crippen LogP contribution in [0.1, 0.15) is 31.2 Å². The lowest BCUT2D eigenvalue weighted by atomic mass is 9.93. The number of aliphatic hydroxyl groups excluding tert-OH is 1. The van der Waals surface area contributed by atoms with Crippen molar-refractivity contribution in [3.63, 3.8) is 0 Å². The Morgan fingerprint density at radius 2 is 2.11 bits per heavy atom. The number of hydrogen-bond donors (Lipinski definition) is 3. The Labute approximate surface area is 118 Å². The molecule has 5 heteroatoms. The molecule has 0 aliphatic heterocycles. The molecule has 0 saturated heterocycles. The number of aliphatic hydroxyl groups is 1. The number of anilines is 1. The van der Waals surface area contributed by atoms with Gasteiger partial charge in [-0.3, -0.25) is 0 Å². The molecule has 3 N–H and O–H groups in total. The molecule has 2 rings (SSSR count). The highest BCUT2D eigenvalue weighted by Crippen LogP contribution is 2.23. The molecule has 0 radical (unpaired) electrons. The largest absolute Gasteiger partial charge is 0.391 e. The molecule has 0 heterocycles. The number of aryl methyl sites for hydroxylation is 1. The summed E-state index contributed by atoms with van der Waals surface area (Å²) in [4.78, 5) is 11.9. The van der Waals surface area contributed by atoms with Crippen molar-refractivity contribution in [2.75, 3.05) is 5.32 Å². The van der Waals surface area contributed by atoms with Gasteiger partial charge in [-0.15, -0.1) is 0 Å². The van der Waals surface area contributed by atoms with Crippen molar-refractivity contribution in [2.24, 2.45) is 0 Å². The standard InChI is InChI=1S/C14H19ClN2O2/c1-9-6-7-10(15)12(8-9)17-14(19)16-11-4-2-3-5-13(11)18/h6-8,11,13,18H,2-5H2,1H3,(H2,16,17,19). The van der Waals surface area contributed by atoms with Gasteiger partial charge < -0.3 is 15.7 Å². The normalized spacial score (nSPS) is 22.9. The summed E-state index contributed by atoms with van der Waals surface area (Å²) >= 11 is 6.02. The number of carbonyl (C=O) groups excluding carboxylic acids is 1. The van der Waals surface area contributed by atoms with Gasteiger partial charge in [-0.1, -0.05) is 30.5 Å². The fourth-order valence-corrected chi connectivity index (χ4v) is 2.51. The van der Waals surface area contributed by atoms with Crippen molar-refractivity contribution in [2.45, 2.75) is 44.8 Å². The zero-order valence-electron chi connectivity index (χ0n) is 10.9. The van der Waals surface area contributed by atoms with E-state index in [1.165, 1.54) is 0 Å². The van der Waals surface area contributed by atoms with Crippen LogP contribution in [0, 0.1) is 6.92 Å². The third kappa shape index (κ3) is 3.85. The summed E-state index contributed by atoms with van der Waals surface area (Å²) in [6, 6.07) is 4.97. The number of urea groups is 1. The summed E-state index contributed by atoms with van der Waals surface area (Å²) in [6.45, 7) is 1.93. The monoisotopic (exact) mass is 282 g/mol. The highest BCUT2D eigenvalue weighted by molar-refractivity contribution is 6.33. The molecule has 0 bridgehead atoms. The van der Waals surface area contributed by atoms with Crippen LogP contribution < -0.4 is 10.6 Å². The van der Waals surface area contributed by atoms with E-state index in [-0.39, 0.29) is 12.1 Å². The van der Waals surface area contributed by atoms with Gasteiger partial charge in [-0.25, -0.2) is 4.79 Å². The second-order valence-electron chi connectivity index (χ2n) is 5.04. The van der Waals surface area contributed by atoms with Gasteiger partial charge in [0.1, 0.15) is 0 Å². The molecule has 4 nitrogen and oxygen atoms in total. The minimum Gasteiger partial charge on any atom is -0.391 e. The van der Waals surface area contributed by atoms with E-state index < -0.39 is 6.10 Å². The van der Waals surface area contributed by atoms with Crippen LogP contribution in [-0.4, -0.2) is 23.3 Å². The third-order valence-electron chi connectivity index (χ3n) is 3.42. The minimum atomic E-state index is -0.451. The molecule has 1 fully saturated rings. The predicted octanol–water partition coefficient (Wildman–Crippen LogP) is 3.07. The number of halogens is 1. The number of nitrogens with one attached hydrogen (secondary N) is 2. The summed E-state index contributed by atoms with van der Waals surface area (Å²) in [5.74, 6) is 0. The molecule has 1 saturated carbocycles. The minimum absolute atomic E-state index is 0.169. The van der Waals surface area contributed by atoms with Crippen LogP contribution in [0.2, 0.25) is 5.02 Å². The Morgan fingerprint density at radius 1 is 1.37 bits per heavy atom. The van der Waals surface area contributed by atoms with Crippen LogP contribution in [0.3, 0.4) is 0 Å². The lowest BCUT2D eigenvalue weighted by Crippen LogP contribution is -2.46. The second-order valence-corrected chi connectivity index (χ2v) is 5.45. The number of rotatable bonds is 2. The predicted molar refractivity (Wildman–Crippen MR) is 76.6 cm³/mol. The van der Waals surface area contributed by atoms with Gasteiger partial charge in [0.15, 0.2) is 0 Å². The van der Waals surface area contributed by atoms with Crippen LogP contribution in [-0.2, 0) is 0 Å². The molecule has 0 spiro atoms. The Hall–Kier alpha value is -1.26. The molecule has 1 aromatic rings. The van der Waals surface area contributed by atoms with Gasteiger partial charge >= 0.3 is 6.03 Å². The molecule has 1 aliphatic carbocycles. The highest BCUT2D eigenvalue weighted by atomic mass is 35.5. The van der Waals surface area contributed by atoms with Crippen LogP contribution >= 0.6 is 11.6 Å². The first kappa shape index (κ1) is 14.2. The molecule has 1 aliphatic rings. The Balaban J connectivity index is 1.95. The summed E-state index contributed by atoms with van der Waals surface area (Å²) < 4.78 is 0. The van der Waals surface area contributed by atoms with Crippen molar-refractivity contribution < 1.29 is 9.90 Å². The molecule has 0 aromatic heterocycles. The molecular formula is C14H19ClN2O2. The third-order valence-corrected chi connectivity index (χ3v) is 3.75. The Kier molecular flexibility index (Phi) is 4.66. The fraction of sp³-hybridized carbons (Fsp3) is 0.500. The van der Waals surface area contributed by atoms with Crippen molar-refractivity contribution in [1.82, 2.24) is 5.32 Å². The van der Waals surface area contributed by atoms with E-state index in [2.05, 4.69) is 10.6 Å². The first-order chi connectivity index (χ1) is 9.06. The molecule has 1 aromatic carbocycles. The highest BCUT2D eigenvalue weighted by Gasteiger charge is 2.24. The molecule has 19 heavy (non-hydrogen) atoms. The average Bonchev–Trinajstić information content (AvgIpc) is 2.37. The van der Waals surface area contributed by atoms with Crippen LogP contribution in [0.15, 0.2) is 18.2 Å². The van der Waals surface area contributed by atoms with Gasteiger partial charge in [-0.05, 0) is 37.5 Å². The van der Waals surface area contributed by atoms with Gasteiger partial charge in [0.2, 0.25) is 0 Å². The van der Waals surface area contributed by atoms with Crippen molar-refractivity contribution >= 4 is 23.3 Å². The summed E-state index contributed by atoms with van der Waals surface area (Å²) in [5, 5.41) is 15.8. The molecule has 2 atom stereocenters. The van der Waals surface area contributed by atoms with Crippen molar-refractivity contribution in [3.8, 4) is 0 Å². The lowest BCUT2D eigenvalue weighted by Gasteiger charge is -2.28. The number of amides is 2. The van der Waals surface area contributed by atoms with Gasteiger partial charge in [0.05, 0.1) is 22.9 Å². The number of hydrogen-bond acceptors (Lipinski definition) is 2. The van der Waals surface area contributed by atoms with Crippen molar-refractivity contribution in [3.05, 3.63) is 28.8 Å². The fourth-order valence-electron chi connectivity index (χ4n) is 2.34. The summed E-state index contributed by atoms with van der Waals surface area (Å²) in [7, 11) is 0. The molecule has 2 unspecified atom stereocenters. The molecule has 104 valence electrons. The van der Waals surface area contributed by atoms with E-state index >= 15 is 0 Å². The second kappa shape index (κ2) is 6.26.